The summed E-state index contributed by atoms with van der Waals surface area (Å²) in [6.45, 7) is 1.29. The number of halogens is 1. The second-order valence-electron chi connectivity index (χ2n) is 12.6. The Hall–Kier alpha value is -4.54. The maximum Gasteiger partial charge on any atom is 0.264 e. The number of nitrogens with zero attached hydrogens (tertiary/aromatic N) is 2. The summed E-state index contributed by atoms with van der Waals surface area (Å²) < 4.78 is 41.1. The molecule has 9 nitrogen and oxygen atoms in total. The molecule has 1 aliphatic carbocycles. The first-order chi connectivity index (χ1) is 24.1. The highest BCUT2D eigenvalue weighted by Gasteiger charge is 2.36. The number of nitrogens with one attached hydrogen (secondary N) is 1. The summed E-state index contributed by atoms with van der Waals surface area (Å²) in [6.07, 6.45) is 5.14. The van der Waals surface area contributed by atoms with Crippen LogP contribution in [0.1, 0.15) is 48.8 Å². The van der Waals surface area contributed by atoms with E-state index in [2.05, 4.69) is 5.32 Å². The summed E-state index contributed by atoms with van der Waals surface area (Å²) in [5.41, 5.74) is 2.60. The van der Waals surface area contributed by atoms with Crippen molar-refractivity contribution in [1.82, 2.24) is 10.2 Å². The van der Waals surface area contributed by atoms with Gasteiger partial charge in [0, 0.05) is 30.1 Å². The third-order valence-corrected chi connectivity index (χ3v) is 11.1. The highest BCUT2D eigenvalue weighted by molar-refractivity contribution is 7.92. The summed E-state index contributed by atoms with van der Waals surface area (Å²) in [5, 5.41) is 3.76. The number of amides is 2. The zero-order chi connectivity index (χ0) is 35.7. The molecule has 5 rings (SSSR count). The predicted octanol–water partition coefficient (Wildman–Crippen LogP) is 6.95. The number of anilines is 1. The van der Waals surface area contributed by atoms with Crippen LogP contribution >= 0.6 is 11.6 Å². The van der Waals surface area contributed by atoms with Gasteiger partial charge in [0.25, 0.3) is 10.0 Å². The number of benzene rings is 4. The average molecular weight is 718 g/mol. The molecule has 0 radical (unpaired) electrons. The van der Waals surface area contributed by atoms with Crippen molar-refractivity contribution in [3.8, 4) is 11.5 Å². The lowest BCUT2D eigenvalue weighted by Crippen LogP contribution is -2.55. The molecule has 0 aliphatic heterocycles. The first-order valence-electron chi connectivity index (χ1n) is 16.8. The van der Waals surface area contributed by atoms with Crippen molar-refractivity contribution in [2.24, 2.45) is 0 Å². The van der Waals surface area contributed by atoms with Gasteiger partial charge < -0.3 is 19.7 Å². The number of ether oxygens (including phenoxy) is 2. The van der Waals surface area contributed by atoms with Crippen LogP contribution in [0.25, 0.3) is 0 Å². The lowest BCUT2D eigenvalue weighted by atomic mass is 9.94. The molecule has 1 N–H and O–H groups in total. The van der Waals surface area contributed by atoms with E-state index in [0.717, 1.165) is 53.1 Å². The van der Waals surface area contributed by atoms with Gasteiger partial charge in [-0.1, -0.05) is 91.0 Å². The van der Waals surface area contributed by atoms with E-state index in [0.29, 0.717) is 10.8 Å². The van der Waals surface area contributed by atoms with Crippen molar-refractivity contribution >= 4 is 39.1 Å². The summed E-state index contributed by atoms with van der Waals surface area (Å²) >= 11 is 6.21. The number of hydrogen-bond donors (Lipinski definition) is 1. The van der Waals surface area contributed by atoms with Crippen LogP contribution in [0, 0.1) is 6.92 Å². The zero-order valence-corrected chi connectivity index (χ0v) is 30.3. The molecule has 1 fully saturated rings. The highest BCUT2D eigenvalue weighted by atomic mass is 35.5. The van der Waals surface area contributed by atoms with Crippen molar-refractivity contribution in [2.45, 2.75) is 69.0 Å². The van der Waals surface area contributed by atoms with Gasteiger partial charge in [-0.05, 0) is 67.3 Å². The molecular weight excluding hydrogens is 674 g/mol. The standard InChI is InChI=1S/C39H44ClN3O6S/c1-28-14-21-34(22-15-28)50(46,47)43(35-25-33(48-2)20-23-37(35)49-3)27-38(44)42(26-30-16-18-31(40)19-17-30)36(24-29-10-6-4-7-11-29)39(45)41-32-12-8-5-9-13-32/h4,6-7,10-11,14-23,25,32,36H,5,8-9,12-13,24,26-27H2,1-3H3,(H,41,45)/t36-/m1/s1. The fourth-order valence-corrected chi connectivity index (χ4v) is 7.77. The third-order valence-electron chi connectivity index (χ3n) is 9.03. The van der Waals surface area contributed by atoms with Crippen LogP contribution in [-0.4, -0.2) is 58.0 Å². The molecule has 1 saturated carbocycles. The fourth-order valence-electron chi connectivity index (χ4n) is 6.23. The van der Waals surface area contributed by atoms with E-state index in [4.69, 9.17) is 21.1 Å². The van der Waals surface area contributed by atoms with Crippen molar-refractivity contribution in [3.05, 3.63) is 119 Å². The fraction of sp³-hybridized carbons (Fsp3) is 0.333. The molecule has 4 aromatic rings. The Kier molecular flexibility index (Phi) is 12.4. The van der Waals surface area contributed by atoms with Gasteiger partial charge in [-0.25, -0.2) is 8.42 Å². The van der Waals surface area contributed by atoms with Crippen molar-refractivity contribution in [2.75, 3.05) is 25.1 Å². The zero-order valence-electron chi connectivity index (χ0n) is 28.7. The smallest absolute Gasteiger partial charge is 0.264 e. The van der Waals surface area contributed by atoms with Crippen LogP contribution < -0.4 is 19.1 Å². The van der Waals surface area contributed by atoms with Gasteiger partial charge in [0.15, 0.2) is 0 Å². The molecule has 2 amide bonds. The summed E-state index contributed by atoms with van der Waals surface area (Å²) in [5.74, 6) is -0.242. The Balaban J connectivity index is 1.61. The first kappa shape index (κ1) is 36.7. The molecule has 50 heavy (non-hydrogen) atoms. The number of aryl methyl sites for hydroxylation is 1. The second kappa shape index (κ2) is 16.9. The van der Waals surface area contributed by atoms with E-state index < -0.39 is 28.5 Å². The van der Waals surface area contributed by atoms with Gasteiger partial charge in [-0.3, -0.25) is 13.9 Å². The summed E-state index contributed by atoms with van der Waals surface area (Å²) in [4.78, 5) is 30.6. The number of carbonyl (C=O) groups excluding carboxylic acids is 2. The molecule has 0 unspecified atom stereocenters. The van der Waals surface area contributed by atoms with Crippen molar-refractivity contribution in [3.63, 3.8) is 0 Å². The van der Waals surface area contributed by atoms with Gasteiger partial charge >= 0.3 is 0 Å². The maximum absolute atomic E-state index is 14.9. The largest absolute Gasteiger partial charge is 0.497 e. The quantitative estimate of drug-likeness (QED) is 0.151. The lowest BCUT2D eigenvalue weighted by molar-refractivity contribution is -0.140. The molecule has 264 valence electrons. The van der Waals surface area contributed by atoms with Crippen LogP contribution in [0.15, 0.2) is 102 Å². The monoisotopic (exact) mass is 717 g/mol. The first-order valence-corrected chi connectivity index (χ1v) is 18.6. The average Bonchev–Trinajstić information content (AvgIpc) is 3.13. The van der Waals surface area contributed by atoms with E-state index in [1.807, 2.05) is 37.3 Å². The molecule has 4 aromatic carbocycles. The summed E-state index contributed by atoms with van der Waals surface area (Å²) in [7, 11) is -1.42. The van der Waals surface area contributed by atoms with Crippen LogP contribution in [0.4, 0.5) is 5.69 Å². The number of methoxy groups -OCH3 is 2. The predicted molar refractivity (Wildman–Crippen MR) is 196 cm³/mol. The van der Waals surface area contributed by atoms with Crippen molar-refractivity contribution in [1.29, 1.82) is 0 Å². The number of sulfonamides is 1. The minimum Gasteiger partial charge on any atom is -0.497 e. The molecular formula is C39H44ClN3O6S. The normalized spacial score (nSPS) is 14.0. The van der Waals surface area contributed by atoms with E-state index in [1.165, 1.54) is 37.3 Å². The minimum atomic E-state index is -4.33. The summed E-state index contributed by atoms with van der Waals surface area (Å²) in [6, 6.07) is 26.8. The SMILES string of the molecule is COc1ccc(OC)c(N(CC(=O)N(Cc2ccc(Cl)cc2)[C@H](Cc2ccccc2)C(=O)NC2CCCCC2)S(=O)(=O)c2ccc(C)cc2)c1. The van der Waals surface area contributed by atoms with Crippen LogP contribution in [0.5, 0.6) is 11.5 Å². The van der Waals surface area contributed by atoms with Gasteiger partial charge in [0.05, 0.1) is 24.8 Å². The van der Waals surface area contributed by atoms with Crippen LogP contribution in [0.3, 0.4) is 0 Å². The topological polar surface area (TPSA) is 105 Å². The Morgan fingerprint density at radius 1 is 0.860 bits per heavy atom. The molecule has 0 saturated heterocycles. The molecule has 0 aromatic heterocycles. The van der Waals surface area contributed by atoms with Gasteiger partial charge in [0.1, 0.15) is 24.1 Å². The highest BCUT2D eigenvalue weighted by Crippen LogP contribution is 2.36. The lowest BCUT2D eigenvalue weighted by Gasteiger charge is -2.35. The maximum atomic E-state index is 14.9. The Morgan fingerprint density at radius 3 is 2.18 bits per heavy atom. The molecule has 1 aliphatic rings. The molecule has 0 spiro atoms. The van der Waals surface area contributed by atoms with Crippen LogP contribution in [0.2, 0.25) is 5.02 Å². The minimum absolute atomic E-state index is 0.000835. The molecule has 0 bridgehead atoms. The van der Waals surface area contributed by atoms with E-state index in [1.54, 1.807) is 48.5 Å². The number of carbonyl (C=O) groups is 2. The van der Waals surface area contributed by atoms with E-state index in [-0.39, 0.29) is 41.2 Å². The third kappa shape index (κ3) is 9.17. The second-order valence-corrected chi connectivity index (χ2v) is 14.9. The van der Waals surface area contributed by atoms with Gasteiger partial charge in [-0.2, -0.15) is 0 Å². The number of hydrogen-bond acceptors (Lipinski definition) is 6. The molecule has 1 atom stereocenters. The molecule has 11 heteroatoms. The Morgan fingerprint density at radius 2 is 1.54 bits per heavy atom. The van der Waals surface area contributed by atoms with Crippen molar-refractivity contribution < 1.29 is 27.5 Å². The number of rotatable bonds is 14. The van der Waals surface area contributed by atoms with E-state index in [9.17, 15) is 18.0 Å². The van der Waals surface area contributed by atoms with Gasteiger partial charge in [0.2, 0.25) is 11.8 Å². The molecule has 0 heterocycles. The Labute approximate surface area is 300 Å². The van der Waals surface area contributed by atoms with E-state index >= 15 is 0 Å². The Bertz CT molecular complexity index is 1850. The van der Waals surface area contributed by atoms with Gasteiger partial charge in [-0.15, -0.1) is 0 Å². The van der Waals surface area contributed by atoms with Crippen LogP contribution in [-0.2, 0) is 32.6 Å².